The van der Waals surface area contributed by atoms with Crippen LogP contribution in [-0.4, -0.2) is 27.5 Å². The molecular formula is C24H23ClN4O2. The summed E-state index contributed by atoms with van der Waals surface area (Å²) < 4.78 is 5.48. The number of hydrogen-bond acceptors (Lipinski definition) is 4. The number of nitrogens with one attached hydrogen (secondary N) is 1. The van der Waals surface area contributed by atoms with E-state index >= 15 is 0 Å². The first-order chi connectivity index (χ1) is 15.1. The molecule has 0 aliphatic rings. The quantitative estimate of drug-likeness (QED) is 0.401. The number of benzene rings is 3. The lowest BCUT2D eigenvalue weighted by Gasteiger charge is -2.08. The van der Waals surface area contributed by atoms with Crippen LogP contribution in [0.25, 0.3) is 16.7 Å². The van der Waals surface area contributed by atoms with Crippen LogP contribution in [0.5, 0.6) is 5.75 Å². The number of para-hydroxylation sites is 1. The lowest BCUT2D eigenvalue weighted by atomic mass is 10.1. The number of rotatable bonds is 8. The average molecular weight is 435 g/mol. The summed E-state index contributed by atoms with van der Waals surface area (Å²) in [7, 11) is 0. The second-order valence-corrected chi connectivity index (χ2v) is 7.64. The van der Waals surface area contributed by atoms with Gasteiger partial charge in [0.25, 0.3) is 5.91 Å². The number of amides is 1. The molecular weight excluding hydrogens is 412 g/mol. The Morgan fingerprint density at radius 2 is 1.81 bits per heavy atom. The molecule has 1 heterocycles. The molecule has 0 fully saturated rings. The number of hydrogen-bond donors (Lipinski definition) is 1. The number of carbonyl (C=O) groups excluding carboxylic acids is 1. The molecule has 4 aromatic rings. The molecule has 0 unspecified atom stereocenters. The zero-order chi connectivity index (χ0) is 21.6. The summed E-state index contributed by atoms with van der Waals surface area (Å²) in [5, 5.41) is 12.4. The molecule has 0 aliphatic heterocycles. The van der Waals surface area contributed by atoms with Crippen LogP contribution in [0.1, 0.15) is 25.3 Å². The minimum atomic E-state index is -0.283. The molecule has 1 amide bonds. The number of halogens is 1. The van der Waals surface area contributed by atoms with Crippen molar-refractivity contribution in [1.29, 1.82) is 0 Å². The van der Waals surface area contributed by atoms with Gasteiger partial charge >= 0.3 is 0 Å². The van der Waals surface area contributed by atoms with Crippen molar-refractivity contribution >= 4 is 34.2 Å². The van der Waals surface area contributed by atoms with E-state index in [0.717, 1.165) is 17.6 Å². The summed E-state index contributed by atoms with van der Waals surface area (Å²) in [5.74, 6) is 0.188. The summed E-state index contributed by atoms with van der Waals surface area (Å²) in [4.78, 5) is 13.9. The maximum absolute atomic E-state index is 12.2. The van der Waals surface area contributed by atoms with Crippen LogP contribution in [0.3, 0.4) is 0 Å². The third-order valence-corrected chi connectivity index (χ3v) is 5.16. The van der Waals surface area contributed by atoms with Gasteiger partial charge in [0.1, 0.15) is 16.8 Å². The van der Waals surface area contributed by atoms with Crippen LogP contribution < -0.4 is 10.1 Å². The Morgan fingerprint density at radius 1 is 1.03 bits per heavy atom. The first-order valence-electron chi connectivity index (χ1n) is 10.3. The predicted molar refractivity (Wildman–Crippen MR) is 123 cm³/mol. The van der Waals surface area contributed by atoms with Crippen LogP contribution in [-0.2, 0) is 11.2 Å². The number of fused-ring (bicyclic) bond motifs is 1. The van der Waals surface area contributed by atoms with Gasteiger partial charge in [-0.05, 0) is 60.9 Å². The van der Waals surface area contributed by atoms with Crippen LogP contribution >= 0.6 is 11.6 Å². The molecule has 1 aromatic heterocycles. The Hall–Kier alpha value is -3.38. The SMILES string of the molecule is CCCCc1ccc(-n2nc3ccc(NC(=O)COc4ccccc4Cl)cc3n2)cc1. The number of carbonyl (C=O) groups is 1. The fourth-order valence-electron chi connectivity index (χ4n) is 3.19. The summed E-state index contributed by atoms with van der Waals surface area (Å²) in [5.41, 5.74) is 4.28. The van der Waals surface area contributed by atoms with Crippen molar-refractivity contribution in [3.8, 4) is 11.4 Å². The van der Waals surface area contributed by atoms with Crippen molar-refractivity contribution in [2.24, 2.45) is 0 Å². The minimum Gasteiger partial charge on any atom is -0.482 e. The van der Waals surface area contributed by atoms with E-state index in [0.29, 0.717) is 22.0 Å². The van der Waals surface area contributed by atoms with Crippen LogP contribution in [0.15, 0.2) is 66.7 Å². The van der Waals surface area contributed by atoms with Crippen LogP contribution in [0.2, 0.25) is 5.02 Å². The topological polar surface area (TPSA) is 69.0 Å². The van der Waals surface area contributed by atoms with Crippen molar-refractivity contribution in [2.75, 3.05) is 11.9 Å². The Bertz CT molecular complexity index is 1190. The van der Waals surface area contributed by atoms with Crippen molar-refractivity contribution in [1.82, 2.24) is 15.0 Å². The van der Waals surface area contributed by atoms with E-state index < -0.39 is 0 Å². The van der Waals surface area contributed by atoms with Gasteiger partial charge in [-0.25, -0.2) is 0 Å². The van der Waals surface area contributed by atoms with Gasteiger partial charge in [0.15, 0.2) is 6.61 Å². The van der Waals surface area contributed by atoms with Gasteiger partial charge in [0.05, 0.1) is 10.7 Å². The number of aromatic nitrogens is 3. The molecule has 31 heavy (non-hydrogen) atoms. The van der Waals surface area contributed by atoms with E-state index in [2.05, 4.69) is 34.6 Å². The van der Waals surface area contributed by atoms with E-state index in [1.54, 1.807) is 41.2 Å². The molecule has 0 aliphatic carbocycles. The normalized spacial score (nSPS) is 10.9. The van der Waals surface area contributed by atoms with Crippen LogP contribution in [0.4, 0.5) is 5.69 Å². The third kappa shape index (κ3) is 5.22. The number of ether oxygens (including phenoxy) is 1. The third-order valence-electron chi connectivity index (χ3n) is 4.85. The highest BCUT2D eigenvalue weighted by molar-refractivity contribution is 6.32. The number of anilines is 1. The summed E-state index contributed by atoms with van der Waals surface area (Å²) in [6, 6.07) is 20.7. The zero-order valence-corrected chi connectivity index (χ0v) is 18.0. The second-order valence-electron chi connectivity index (χ2n) is 7.23. The molecule has 3 aromatic carbocycles. The fourth-order valence-corrected chi connectivity index (χ4v) is 3.38. The maximum atomic E-state index is 12.2. The number of nitrogens with zero attached hydrogens (tertiary/aromatic N) is 3. The van der Waals surface area contributed by atoms with E-state index in [1.807, 2.05) is 18.2 Å². The fraction of sp³-hybridized carbons (Fsp3) is 0.208. The molecule has 0 spiro atoms. The molecule has 0 atom stereocenters. The van der Waals surface area contributed by atoms with Gasteiger partial charge in [0.2, 0.25) is 0 Å². The summed E-state index contributed by atoms with van der Waals surface area (Å²) in [6.45, 7) is 2.05. The average Bonchev–Trinajstić information content (AvgIpc) is 3.21. The monoisotopic (exact) mass is 434 g/mol. The van der Waals surface area contributed by atoms with Gasteiger partial charge in [-0.2, -0.15) is 4.80 Å². The molecule has 4 rings (SSSR count). The Labute approximate surface area is 185 Å². The van der Waals surface area contributed by atoms with Crippen LogP contribution in [0, 0.1) is 0 Å². The van der Waals surface area contributed by atoms with Crippen molar-refractivity contribution in [2.45, 2.75) is 26.2 Å². The zero-order valence-electron chi connectivity index (χ0n) is 17.2. The van der Waals surface area contributed by atoms with Gasteiger partial charge < -0.3 is 10.1 Å². The smallest absolute Gasteiger partial charge is 0.262 e. The first kappa shape index (κ1) is 20.9. The van der Waals surface area contributed by atoms with Gasteiger partial charge in [-0.3, -0.25) is 4.79 Å². The van der Waals surface area contributed by atoms with Crippen molar-refractivity contribution < 1.29 is 9.53 Å². The minimum absolute atomic E-state index is 0.140. The lowest BCUT2D eigenvalue weighted by molar-refractivity contribution is -0.118. The molecule has 1 N–H and O–H groups in total. The summed E-state index contributed by atoms with van der Waals surface area (Å²) in [6.07, 6.45) is 3.44. The van der Waals surface area contributed by atoms with E-state index in [-0.39, 0.29) is 12.5 Å². The van der Waals surface area contributed by atoms with Gasteiger partial charge in [-0.1, -0.05) is 49.2 Å². The predicted octanol–water partition coefficient (Wildman–Crippen LogP) is 5.43. The molecule has 7 heteroatoms. The molecule has 158 valence electrons. The van der Waals surface area contributed by atoms with Gasteiger partial charge in [0, 0.05) is 5.69 Å². The Kier molecular flexibility index (Phi) is 6.48. The molecule has 0 radical (unpaired) electrons. The van der Waals surface area contributed by atoms with Crippen molar-refractivity contribution in [3.05, 3.63) is 77.3 Å². The highest BCUT2D eigenvalue weighted by atomic mass is 35.5. The Balaban J connectivity index is 1.42. The maximum Gasteiger partial charge on any atom is 0.262 e. The van der Waals surface area contributed by atoms with E-state index in [1.165, 1.54) is 18.4 Å². The van der Waals surface area contributed by atoms with E-state index in [9.17, 15) is 4.79 Å². The number of aryl methyl sites for hydroxylation is 1. The molecule has 6 nitrogen and oxygen atoms in total. The standard InChI is InChI=1S/C24H23ClN4O2/c1-2-3-6-17-9-12-19(13-10-17)29-27-21-14-11-18(15-22(21)28-29)26-24(30)16-31-23-8-5-4-7-20(23)25/h4-5,7-15H,2-3,6,16H2,1H3,(H,26,30). The Morgan fingerprint density at radius 3 is 2.58 bits per heavy atom. The highest BCUT2D eigenvalue weighted by Crippen LogP contribution is 2.23. The first-order valence-corrected chi connectivity index (χ1v) is 10.6. The highest BCUT2D eigenvalue weighted by Gasteiger charge is 2.09. The number of unbranched alkanes of at least 4 members (excludes halogenated alkanes) is 1. The second kappa shape index (κ2) is 9.62. The van der Waals surface area contributed by atoms with Gasteiger partial charge in [-0.15, -0.1) is 10.2 Å². The molecule has 0 bridgehead atoms. The molecule has 0 saturated heterocycles. The lowest BCUT2D eigenvalue weighted by Crippen LogP contribution is -2.20. The largest absolute Gasteiger partial charge is 0.482 e. The summed E-state index contributed by atoms with van der Waals surface area (Å²) >= 11 is 6.04. The van der Waals surface area contributed by atoms with E-state index in [4.69, 9.17) is 16.3 Å². The van der Waals surface area contributed by atoms with Crippen molar-refractivity contribution in [3.63, 3.8) is 0 Å². The molecule has 0 saturated carbocycles.